The van der Waals surface area contributed by atoms with Gasteiger partial charge in [-0.15, -0.1) is 0 Å². The molecule has 3 fully saturated rings. The summed E-state index contributed by atoms with van der Waals surface area (Å²) in [6.07, 6.45) is 5.56. The molecular weight excluding hydrogens is 142 g/mol. The maximum absolute atomic E-state index is 10.5. The summed E-state index contributed by atoms with van der Waals surface area (Å²) in [7, 11) is 0. The number of hydrogen-bond donors (Lipinski definition) is 0. The lowest BCUT2D eigenvalue weighted by Crippen LogP contribution is -2.40. The minimum Gasteiger partial charge on any atom is -0.264 e. The average Bonchev–Trinajstić information content (AvgIpc) is 2.06. The smallest absolute Gasteiger partial charge is 0.216 e. The lowest BCUT2D eigenvalue weighted by molar-refractivity contribution is -0.540. The highest BCUT2D eigenvalue weighted by Crippen LogP contribution is 2.42. The normalized spacial score (nSPS) is 42.4. The molecule has 0 heterocycles. The van der Waals surface area contributed by atoms with Crippen molar-refractivity contribution < 1.29 is 4.92 Å². The first-order chi connectivity index (χ1) is 5.27. The molecule has 2 bridgehead atoms. The van der Waals surface area contributed by atoms with Crippen molar-refractivity contribution in [2.45, 2.75) is 38.1 Å². The SMILES string of the molecule is O=[N+]([O-])[C@@H]1CC2CCC1CC2. The fourth-order valence-corrected chi connectivity index (χ4v) is 2.60. The molecule has 3 saturated carbocycles. The third-order valence-electron chi connectivity index (χ3n) is 3.28. The van der Waals surface area contributed by atoms with Crippen LogP contribution in [-0.2, 0) is 0 Å². The summed E-state index contributed by atoms with van der Waals surface area (Å²) in [6.45, 7) is 0. The monoisotopic (exact) mass is 155 g/mol. The van der Waals surface area contributed by atoms with Crippen molar-refractivity contribution in [2.75, 3.05) is 0 Å². The Morgan fingerprint density at radius 2 is 1.82 bits per heavy atom. The van der Waals surface area contributed by atoms with E-state index in [1.807, 2.05) is 0 Å². The third kappa shape index (κ3) is 1.12. The van der Waals surface area contributed by atoms with Crippen molar-refractivity contribution in [2.24, 2.45) is 11.8 Å². The highest BCUT2D eigenvalue weighted by molar-refractivity contribution is 4.86. The Labute approximate surface area is 65.9 Å². The fraction of sp³-hybridized carbons (Fsp3) is 1.00. The molecule has 3 heteroatoms. The molecule has 0 spiro atoms. The molecule has 0 amide bonds. The zero-order valence-corrected chi connectivity index (χ0v) is 6.53. The summed E-state index contributed by atoms with van der Waals surface area (Å²) in [5.74, 6) is 1.09. The minimum atomic E-state index is -0.192. The second kappa shape index (κ2) is 2.47. The van der Waals surface area contributed by atoms with E-state index in [-0.39, 0.29) is 11.0 Å². The summed E-state index contributed by atoms with van der Waals surface area (Å²) < 4.78 is 0. The van der Waals surface area contributed by atoms with E-state index in [1.165, 1.54) is 12.8 Å². The van der Waals surface area contributed by atoms with Crippen molar-refractivity contribution in [3.8, 4) is 0 Å². The first-order valence-corrected chi connectivity index (χ1v) is 4.41. The van der Waals surface area contributed by atoms with Gasteiger partial charge in [-0.3, -0.25) is 10.1 Å². The van der Waals surface area contributed by atoms with Gasteiger partial charge in [-0.1, -0.05) is 0 Å². The molecule has 3 nitrogen and oxygen atoms in total. The molecule has 0 radical (unpaired) electrons. The number of nitro groups is 1. The summed E-state index contributed by atoms with van der Waals surface area (Å²) in [5, 5.41) is 10.5. The van der Waals surface area contributed by atoms with E-state index in [1.54, 1.807) is 0 Å². The predicted octanol–water partition coefficient (Wildman–Crippen LogP) is 1.84. The van der Waals surface area contributed by atoms with E-state index < -0.39 is 0 Å². The van der Waals surface area contributed by atoms with Crippen LogP contribution in [0, 0.1) is 22.0 Å². The molecular formula is C8H13NO2. The van der Waals surface area contributed by atoms with Gasteiger partial charge in [-0.25, -0.2) is 0 Å². The van der Waals surface area contributed by atoms with Crippen LogP contribution in [0.25, 0.3) is 0 Å². The fourth-order valence-electron chi connectivity index (χ4n) is 2.60. The molecule has 3 aliphatic rings. The largest absolute Gasteiger partial charge is 0.264 e. The van der Waals surface area contributed by atoms with Crippen LogP contribution < -0.4 is 0 Å². The molecule has 11 heavy (non-hydrogen) atoms. The lowest BCUT2D eigenvalue weighted by Gasteiger charge is -2.37. The van der Waals surface area contributed by atoms with Crippen molar-refractivity contribution in [3.05, 3.63) is 10.1 Å². The Morgan fingerprint density at radius 1 is 1.18 bits per heavy atom. The van der Waals surface area contributed by atoms with Gasteiger partial charge in [0.1, 0.15) is 0 Å². The number of hydrogen-bond acceptors (Lipinski definition) is 2. The minimum absolute atomic E-state index is 0.0595. The highest BCUT2D eigenvalue weighted by atomic mass is 16.6. The van der Waals surface area contributed by atoms with Crippen LogP contribution in [0.2, 0.25) is 0 Å². The number of nitrogens with zero attached hydrogens (tertiary/aromatic N) is 1. The second-order valence-corrected chi connectivity index (χ2v) is 3.87. The van der Waals surface area contributed by atoms with Gasteiger partial charge in [-0.05, 0) is 31.6 Å². The van der Waals surface area contributed by atoms with Crippen molar-refractivity contribution >= 4 is 0 Å². The third-order valence-corrected chi connectivity index (χ3v) is 3.28. The molecule has 0 unspecified atom stereocenters. The summed E-state index contributed by atoms with van der Waals surface area (Å²) in [4.78, 5) is 10.5. The van der Waals surface area contributed by atoms with Gasteiger partial charge in [0.05, 0.1) is 0 Å². The summed E-state index contributed by atoms with van der Waals surface area (Å²) >= 11 is 0. The first-order valence-electron chi connectivity index (χ1n) is 4.41. The molecule has 0 aliphatic heterocycles. The average molecular weight is 155 g/mol. The van der Waals surface area contributed by atoms with E-state index in [4.69, 9.17) is 0 Å². The second-order valence-electron chi connectivity index (χ2n) is 3.87. The predicted molar refractivity (Wildman–Crippen MR) is 40.8 cm³/mol. The van der Waals surface area contributed by atoms with Crippen LogP contribution in [0.5, 0.6) is 0 Å². The Morgan fingerprint density at radius 3 is 2.09 bits per heavy atom. The Balaban J connectivity index is 2.08. The standard InChI is InChI=1S/C8H13NO2/c10-9(11)8-5-6-1-3-7(8)4-2-6/h6-8H,1-5H2/t6?,7?,8-/m1/s1. The molecule has 3 rings (SSSR count). The number of fused-ring (bicyclic) bond motifs is 3. The van der Waals surface area contributed by atoms with E-state index in [0.29, 0.717) is 11.8 Å². The van der Waals surface area contributed by atoms with Crippen molar-refractivity contribution in [3.63, 3.8) is 0 Å². The molecule has 0 N–H and O–H groups in total. The molecule has 0 aromatic carbocycles. The Kier molecular flexibility index (Phi) is 1.59. The quantitative estimate of drug-likeness (QED) is 0.428. The molecule has 0 saturated heterocycles. The summed E-state index contributed by atoms with van der Waals surface area (Å²) in [6, 6.07) is -0.192. The van der Waals surface area contributed by atoms with E-state index in [9.17, 15) is 10.1 Å². The van der Waals surface area contributed by atoms with Gasteiger partial charge in [0.25, 0.3) is 0 Å². The van der Waals surface area contributed by atoms with Gasteiger partial charge in [0.2, 0.25) is 6.04 Å². The maximum atomic E-state index is 10.5. The van der Waals surface area contributed by atoms with Gasteiger partial charge >= 0.3 is 0 Å². The zero-order valence-electron chi connectivity index (χ0n) is 6.53. The Hall–Kier alpha value is -0.600. The lowest BCUT2D eigenvalue weighted by atomic mass is 9.68. The topological polar surface area (TPSA) is 43.1 Å². The van der Waals surface area contributed by atoms with Gasteiger partial charge < -0.3 is 0 Å². The number of rotatable bonds is 1. The Bertz CT molecular complexity index is 173. The molecule has 3 aliphatic carbocycles. The van der Waals surface area contributed by atoms with Crippen LogP contribution in [0.1, 0.15) is 32.1 Å². The summed E-state index contributed by atoms with van der Waals surface area (Å²) in [5.41, 5.74) is 0. The van der Waals surface area contributed by atoms with Gasteiger partial charge in [-0.2, -0.15) is 0 Å². The van der Waals surface area contributed by atoms with E-state index >= 15 is 0 Å². The zero-order chi connectivity index (χ0) is 7.84. The maximum Gasteiger partial charge on any atom is 0.216 e. The van der Waals surface area contributed by atoms with E-state index in [0.717, 1.165) is 19.3 Å². The van der Waals surface area contributed by atoms with Crippen LogP contribution in [0.15, 0.2) is 0 Å². The van der Waals surface area contributed by atoms with Crippen molar-refractivity contribution in [1.82, 2.24) is 0 Å². The van der Waals surface area contributed by atoms with Gasteiger partial charge in [0, 0.05) is 17.3 Å². The van der Waals surface area contributed by atoms with Crippen LogP contribution in [-0.4, -0.2) is 11.0 Å². The van der Waals surface area contributed by atoms with Crippen LogP contribution in [0.4, 0.5) is 0 Å². The molecule has 0 aromatic rings. The van der Waals surface area contributed by atoms with E-state index in [2.05, 4.69) is 0 Å². The van der Waals surface area contributed by atoms with Gasteiger partial charge in [0.15, 0.2) is 0 Å². The first kappa shape index (κ1) is 7.07. The molecule has 0 aromatic heterocycles. The van der Waals surface area contributed by atoms with Crippen LogP contribution >= 0.6 is 0 Å². The molecule has 62 valence electrons. The van der Waals surface area contributed by atoms with Crippen LogP contribution in [0.3, 0.4) is 0 Å². The highest BCUT2D eigenvalue weighted by Gasteiger charge is 2.42. The van der Waals surface area contributed by atoms with Crippen molar-refractivity contribution in [1.29, 1.82) is 0 Å². The molecule has 1 atom stereocenters.